The van der Waals surface area contributed by atoms with Crippen molar-refractivity contribution in [3.05, 3.63) is 0 Å². The topological polar surface area (TPSA) is 23.5 Å². The summed E-state index contributed by atoms with van der Waals surface area (Å²) in [5.41, 5.74) is 0. The second-order valence-corrected chi connectivity index (χ2v) is 3.00. The third-order valence-corrected chi connectivity index (χ3v) is 2.02. The molecule has 1 rings (SSSR count). The number of nitrogens with zero attached hydrogens (tertiary/aromatic N) is 1. The lowest BCUT2D eigenvalue weighted by Gasteiger charge is -2.24. The summed E-state index contributed by atoms with van der Waals surface area (Å²) in [7, 11) is 2.64. The highest BCUT2D eigenvalue weighted by Gasteiger charge is 2.12. The second kappa shape index (κ2) is 2.77. The lowest BCUT2D eigenvalue weighted by Crippen LogP contribution is -2.28. The molecule has 0 spiro atoms. The molecular formula is C5H12NOP. The lowest BCUT2D eigenvalue weighted by molar-refractivity contribution is 0.116. The van der Waals surface area contributed by atoms with E-state index in [1.54, 1.807) is 0 Å². The highest BCUT2D eigenvalue weighted by atomic mass is 31.0. The van der Waals surface area contributed by atoms with Gasteiger partial charge in [0.05, 0.1) is 6.10 Å². The molecule has 48 valence electrons. The Morgan fingerprint density at radius 2 is 1.88 bits per heavy atom. The highest BCUT2D eigenvalue weighted by Crippen LogP contribution is 2.12. The van der Waals surface area contributed by atoms with Crippen LogP contribution in [0.3, 0.4) is 0 Å². The molecule has 3 heteroatoms. The number of hydrogen-bond donors (Lipinski definition) is 1. The predicted octanol–water partition coefficient (Wildman–Crippen LogP) is 0.233. The van der Waals surface area contributed by atoms with E-state index in [9.17, 15) is 0 Å². The molecule has 1 N–H and O–H groups in total. The molecule has 0 aromatic rings. The van der Waals surface area contributed by atoms with Gasteiger partial charge in [-0.3, -0.25) is 4.67 Å². The second-order valence-electron chi connectivity index (χ2n) is 2.27. The monoisotopic (exact) mass is 133 g/mol. The van der Waals surface area contributed by atoms with Gasteiger partial charge in [0.2, 0.25) is 0 Å². The molecule has 1 fully saturated rings. The number of hydrogen-bond acceptors (Lipinski definition) is 2. The molecule has 0 saturated carbocycles. The molecule has 0 aromatic heterocycles. The van der Waals surface area contributed by atoms with Crippen molar-refractivity contribution < 1.29 is 5.11 Å². The first-order valence-corrected chi connectivity index (χ1v) is 3.48. The minimum absolute atomic E-state index is 0.0354. The molecule has 1 atom stereocenters. The summed E-state index contributed by atoms with van der Waals surface area (Å²) in [6.07, 6.45) is 1.83. The van der Waals surface area contributed by atoms with E-state index in [2.05, 4.69) is 14.1 Å². The fraction of sp³-hybridized carbons (Fsp3) is 1.00. The zero-order valence-corrected chi connectivity index (χ0v) is 6.03. The van der Waals surface area contributed by atoms with E-state index in [-0.39, 0.29) is 6.10 Å². The van der Waals surface area contributed by atoms with Crippen molar-refractivity contribution in [3.63, 3.8) is 0 Å². The van der Waals surface area contributed by atoms with Gasteiger partial charge in [-0.1, -0.05) is 9.39 Å². The normalized spacial score (nSPS) is 26.2. The lowest BCUT2D eigenvalue weighted by atomic mass is 10.1. The van der Waals surface area contributed by atoms with Gasteiger partial charge in [0.25, 0.3) is 0 Å². The molecule has 1 heterocycles. The third kappa shape index (κ3) is 1.70. The maximum Gasteiger partial charge on any atom is 0.0564 e. The van der Waals surface area contributed by atoms with Crippen LogP contribution in [0.5, 0.6) is 0 Å². The van der Waals surface area contributed by atoms with Crippen LogP contribution < -0.4 is 0 Å². The van der Waals surface area contributed by atoms with Gasteiger partial charge in [0.15, 0.2) is 0 Å². The summed E-state index contributed by atoms with van der Waals surface area (Å²) in [6.45, 7) is 2.04. The van der Waals surface area contributed by atoms with Crippen molar-refractivity contribution in [2.24, 2.45) is 0 Å². The molecule has 0 bridgehead atoms. The Bertz CT molecular complexity index is 60.8. The van der Waals surface area contributed by atoms with Crippen LogP contribution >= 0.6 is 9.39 Å². The van der Waals surface area contributed by atoms with E-state index in [1.807, 2.05) is 0 Å². The van der Waals surface area contributed by atoms with Crippen molar-refractivity contribution in [2.75, 3.05) is 13.1 Å². The van der Waals surface area contributed by atoms with E-state index >= 15 is 0 Å². The third-order valence-electron chi connectivity index (χ3n) is 1.50. The molecule has 0 aromatic carbocycles. The minimum Gasteiger partial charge on any atom is -0.393 e. The Kier molecular flexibility index (Phi) is 2.24. The van der Waals surface area contributed by atoms with Crippen LogP contribution in [-0.4, -0.2) is 29.0 Å². The van der Waals surface area contributed by atoms with E-state index < -0.39 is 0 Å². The fourth-order valence-corrected chi connectivity index (χ4v) is 1.18. The first-order valence-electron chi connectivity index (χ1n) is 2.97. The number of aliphatic hydroxyl groups is 1. The maximum atomic E-state index is 8.99. The van der Waals surface area contributed by atoms with Crippen molar-refractivity contribution in [1.82, 2.24) is 4.67 Å². The summed E-state index contributed by atoms with van der Waals surface area (Å²) in [5, 5.41) is 8.99. The number of piperidine rings is 1. The van der Waals surface area contributed by atoms with E-state index in [1.165, 1.54) is 0 Å². The minimum atomic E-state index is -0.0354. The average Bonchev–Trinajstić information content (AvgIpc) is 1.77. The largest absolute Gasteiger partial charge is 0.393 e. The van der Waals surface area contributed by atoms with Gasteiger partial charge in [-0.05, 0) is 12.8 Å². The van der Waals surface area contributed by atoms with Crippen LogP contribution in [0.15, 0.2) is 0 Å². The maximum absolute atomic E-state index is 8.99. The summed E-state index contributed by atoms with van der Waals surface area (Å²) >= 11 is 0. The summed E-state index contributed by atoms with van der Waals surface area (Å²) in [4.78, 5) is 0. The van der Waals surface area contributed by atoms with Gasteiger partial charge < -0.3 is 5.11 Å². The van der Waals surface area contributed by atoms with Crippen molar-refractivity contribution in [2.45, 2.75) is 18.9 Å². The van der Waals surface area contributed by atoms with Crippen molar-refractivity contribution in [1.29, 1.82) is 0 Å². The molecule has 0 radical (unpaired) electrons. The van der Waals surface area contributed by atoms with Crippen LogP contribution in [-0.2, 0) is 0 Å². The molecule has 1 saturated heterocycles. The Labute approximate surface area is 52.1 Å². The average molecular weight is 133 g/mol. The zero-order chi connectivity index (χ0) is 5.98. The molecular weight excluding hydrogens is 121 g/mol. The predicted molar refractivity (Wildman–Crippen MR) is 36.5 cm³/mol. The van der Waals surface area contributed by atoms with Crippen LogP contribution in [0.2, 0.25) is 0 Å². The SMILES string of the molecule is OC1CCN(P)CC1. The van der Waals surface area contributed by atoms with E-state index in [0.717, 1.165) is 25.9 Å². The van der Waals surface area contributed by atoms with Gasteiger partial charge in [-0.15, -0.1) is 0 Å². The molecule has 1 aliphatic heterocycles. The molecule has 8 heavy (non-hydrogen) atoms. The number of rotatable bonds is 0. The van der Waals surface area contributed by atoms with Gasteiger partial charge in [0.1, 0.15) is 0 Å². The zero-order valence-electron chi connectivity index (χ0n) is 4.88. The van der Waals surface area contributed by atoms with Crippen LogP contribution in [0.1, 0.15) is 12.8 Å². The first-order chi connectivity index (χ1) is 3.79. The van der Waals surface area contributed by atoms with E-state index in [0.29, 0.717) is 0 Å². The molecule has 0 aliphatic carbocycles. The quantitative estimate of drug-likeness (QED) is 0.478. The Balaban J connectivity index is 2.19. The van der Waals surface area contributed by atoms with Crippen molar-refractivity contribution in [3.8, 4) is 0 Å². The van der Waals surface area contributed by atoms with Crippen molar-refractivity contribution >= 4 is 9.39 Å². The van der Waals surface area contributed by atoms with E-state index in [4.69, 9.17) is 5.11 Å². The Hall–Kier alpha value is 0.350. The smallest absolute Gasteiger partial charge is 0.0564 e. The van der Waals surface area contributed by atoms with Gasteiger partial charge in [0, 0.05) is 13.1 Å². The van der Waals surface area contributed by atoms with Crippen LogP contribution in [0.25, 0.3) is 0 Å². The molecule has 1 aliphatic rings. The van der Waals surface area contributed by atoms with Crippen LogP contribution in [0.4, 0.5) is 0 Å². The summed E-state index contributed by atoms with van der Waals surface area (Å²) in [6, 6.07) is 0. The standard InChI is InChI=1S/C5H12NOP/c7-5-1-3-6(8)4-2-5/h5,7H,1-4,8H2. The van der Waals surface area contributed by atoms with Gasteiger partial charge in [-0.25, -0.2) is 0 Å². The number of aliphatic hydroxyl groups excluding tert-OH is 1. The molecule has 1 unspecified atom stereocenters. The molecule has 2 nitrogen and oxygen atoms in total. The summed E-state index contributed by atoms with van der Waals surface area (Å²) in [5.74, 6) is 0. The highest BCUT2D eigenvalue weighted by molar-refractivity contribution is 7.13. The Morgan fingerprint density at radius 1 is 1.38 bits per heavy atom. The Morgan fingerprint density at radius 3 is 2.25 bits per heavy atom. The van der Waals surface area contributed by atoms with Crippen LogP contribution in [0, 0.1) is 0 Å². The fourth-order valence-electron chi connectivity index (χ4n) is 0.886. The van der Waals surface area contributed by atoms with Gasteiger partial charge in [-0.2, -0.15) is 0 Å². The molecule has 0 amide bonds. The first kappa shape index (κ1) is 6.47. The summed E-state index contributed by atoms with van der Waals surface area (Å²) < 4.78 is 2.16. The van der Waals surface area contributed by atoms with Gasteiger partial charge >= 0.3 is 0 Å².